The van der Waals surface area contributed by atoms with Crippen molar-refractivity contribution in [3.8, 4) is 5.82 Å². The van der Waals surface area contributed by atoms with Crippen molar-refractivity contribution in [1.29, 1.82) is 0 Å². The number of pyridine rings is 1. The van der Waals surface area contributed by atoms with Crippen LogP contribution in [0.5, 0.6) is 0 Å². The van der Waals surface area contributed by atoms with E-state index in [4.69, 9.17) is 0 Å². The van der Waals surface area contributed by atoms with E-state index in [1.54, 1.807) is 34.1 Å². The Morgan fingerprint density at radius 3 is 2.67 bits per heavy atom. The molecule has 3 aromatic rings. The van der Waals surface area contributed by atoms with Crippen LogP contribution in [0.15, 0.2) is 61.1 Å². The van der Waals surface area contributed by atoms with E-state index < -0.39 is 0 Å². The number of carbonyl (C=O) groups is 2. The average Bonchev–Trinajstić information content (AvgIpc) is 3.38. The number of anilines is 1. The Bertz CT molecular complexity index is 951. The molecule has 2 amide bonds. The van der Waals surface area contributed by atoms with Crippen LogP contribution >= 0.6 is 0 Å². The molecule has 7 heteroatoms. The second-order valence-corrected chi connectivity index (χ2v) is 6.32. The Hall–Kier alpha value is -3.48. The lowest BCUT2D eigenvalue weighted by Crippen LogP contribution is -2.25. The second kappa shape index (κ2) is 7.41. The van der Waals surface area contributed by atoms with E-state index in [0.717, 1.165) is 24.2 Å². The molecule has 1 fully saturated rings. The zero-order valence-corrected chi connectivity index (χ0v) is 14.7. The Kier molecular flexibility index (Phi) is 4.65. The molecule has 27 heavy (non-hydrogen) atoms. The molecule has 4 rings (SSSR count). The topological polar surface area (TPSA) is 80.1 Å². The first-order chi connectivity index (χ1) is 13.2. The van der Waals surface area contributed by atoms with Crippen molar-refractivity contribution in [2.24, 2.45) is 0 Å². The van der Waals surface area contributed by atoms with Gasteiger partial charge in [-0.05, 0) is 42.8 Å². The fourth-order valence-electron chi connectivity index (χ4n) is 3.16. The Morgan fingerprint density at radius 2 is 1.96 bits per heavy atom. The van der Waals surface area contributed by atoms with Gasteiger partial charge in [-0.15, -0.1) is 0 Å². The van der Waals surface area contributed by atoms with E-state index in [0.29, 0.717) is 24.3 Å². The first kappa shape index (κ1) is 17.0. The molecule has 7 nitrogen and oxygen atoms in total. The van der Waals surface area contributed by atoms with Crippen LogP contribution in [0.3, 0.4) is 0 Å². The molecule has 0 aliphatic carbocycles. The summed E-state index contributed by atoms with van der Waals surface area (Å²) in [4.78, 5) is 30.4. The van der Waals surface area contributed by atoms with Gasteiger partial charge in [0.05, 0.1) is 0 Å². The molecular formula is C20H19N5O2. The smallest absolute Gasteiger partial charge is 0.251 e. The minimum absolute atomic E-state index is 0.134. The first-order valence-corrected chi connectivity index (χ1v) is 8.85. The number of nitrogens with one attached hydrogen (secondary N) is 1. The molecular weight excluding hydrogens is 342 g/mol. The monoisotopic (exact) mass is 361 g/mol. The highest BCUT2D eigenvalue weighted by molar-refractivity contribution is 5.97. The van der Waals surface area contributed by atoms with Gasteiger partial charge >= 0.3 is 0 Å². The summed E-state index contributed by atoms with van der Waals surface area (Å²) < 4.78 is 1.67. The molecule has 1 aliphatic heterocycles. The van der Waals surface area contributed by atoms with Crippen LogP contribution in [-0.4, -0.2) is 33.1 Å². The molecule has 0 unspecified atom stereocenters. The number of hydrogen-bond donors (Lipinski definition) is 1. The maximum absolute atomic E-state index is 12.5. The number of aromatic nitrogens is 3. The lowest BCUT2D eigenvalue weighted by atomic mass is 10.1. The second-order valence-electron chi connectivity index (χ2n) is 6.32. The quantitative estimate of drug-likeness (QED) is 0.756. The van der Waals surface area contributed by atoms with Crippen LogP contribution in [0.1, 0.15) is 28.8 Å². The number of hydrogen-bond acceptors (Lipinski definition) is 4. The largest absolute Gasteiger partial charge is 0.348 e. The zero-order chi connectivity index (χ0) is 18.6. The van der Waals surface area contributed by atoms with Gasteiger partial charge in [0.1, 0.15) is 0 Å². The summed E-state index contributed by atoms with van der Waals surface area (Å²) in [5.41, 5.74) is 2.26. The molecule has 0 atom stereocenters. The number of rotatable bonds is 5. The molecule has 1 aliphatic rings. The van der Waals surface area contributed by atoms with Crippen molar-refractivity contribution in [1.82, 2.24) is 20.1 Å². The summed E-state index contributed by atoms with van der Waals surface area (Å²) in [5.74, 6) is 0.644. The van der Waals surface area contributed by atoms with Crippen molar-refractivity contribution in [3.63, 3.8) is 0 Å². The average molecular weight is 361 g/mol. The molecule has 1 N–H and O–H groups in total. The fraction of sp³-hybridized carbons (Fsp3) is 0.200. The molecule has 3 heterocycles. The van der Waals surface area contributed by atoms with Crippen LogP contribution in [0, 0.1) is 0 Å². The van der Waals surface area contributed by atoms with Crippen LogP contribution in [-0.2, 0) is 11.3 Å². The Morgan fingerprint density at radius 1 is 1.11 bits per heavy atom. The SMILES string of the molecule is O=C(NCc1cccnc1-n1cccn1)c1ccc(N2CCCC2=O)cc1. The third kappa shape index (κ3) is 3.57. The van der Waals surface area contributed by atoms with E-state index in [-0.39, 0.29) is 11.8 Å². The van der Waals surface area contributed by atoms with Gasteiger partial charge < -0.3 is 10.2 Å². The van der Waals surface area contributed by atoms with Gasteiger partial charge in [-0.3, -0.25) is 9.59 Å². The standard InChI is InChI=1S/C20H19N5O2/c26-18-5-2-12-24(18)17-8-6-15(7-9-17)20(27)22-14-16-4-1-10-21-19(16)25-13-3-11-23-25/h1,3-4,6-11,13H,2,5,12,14H2,(H,22,27). The van der Waals surface area contributed by atoms with Gasteiger partial charge in [0.2, 0.25) is 5.91 Å². The van der Waals surface area contributed by atoms with E-state index >= 15 is 0 Å². The van der Waals surface area contributed by atoms with Gasteiger partial charge in [0.25, 0.3) is 5.91 Å². The molecule has 0 radical (unpaired) electrons. The van der Waals surface area contributed by atoms with E-state index in [1.807, 2.05) is 36.5 Å². The van der Waals surface area contributed by atoms with E-state index in [2.05, 4.69) is 15.4 Å². The third-order valence-corrected chi connectivity index (χ3v) is 4.54. The van der Waals surface area contributed by atoms with Gasteiger partial charge in [-0.25, -0.2) is 9.67 Å². The minimum atomic E-state index is -0.176. The first-order valence-electron chi connectivity index (χ1n) is 8.85. The Labute approximate surface area is 156 Å². The summed E-state index contributed by atoms with van der Waals surface area (Å²) in [6.45, 7) is 1.08. The van der Waals surface area contributed by atoms with Gasteiger partial charge in [-0.2, -0.15) is 5.10 Å². The molecule has 0 bridgehead atoms. The zero-order valence-electron chi connectivity index (χ0n) is 14.7. The number of benzene rings is 1. The van der Waals surface area contributed by atoms with Crippen molar-refractivity contribution in [3.05, 3.63) is 72.2 Å². The number of carbonyl (C=O) groups excluding carboxylic acids is 2. The highest BCUT2D eigenvalue weighted by atomic mass is 16.2. The highest BCUT2D eigenvalue weighted by Gasteiger charge is 2.21. The van der Waals surface area contributed by atoms with E-state index in [9.17, 15) is 9.59 Å². The van der Waals surface area contributed by atoms with Gasteiger partial charge in [0.15, 0.2) is 5.82 Å². The lowest BCUT2D eigenvalue weighted by Gasteiger charge is -2.16. The summed E-state index contributed by atoms with van der Waals surface area (Å²) in [6.07, 6.45) is 6.66. The summed E-state index contributed by atoms with van der Waals surface area (Å²) >= 11 is 0. The predicted octanol–water partition coefficient (Wildman–Crippen LogP) is 2.32. The predicted molar refractivity (Wildman–Crippen MR) is 101 cm³/mol. The molecule has 1 aromatic carbocycles. The van der Waals surface area contributed by atoms with Gasteiger partial charge in [0, 0.05) is 54.9 Å². The molecule has 136 valence electrons. The minimum Gasteiger partial charge on any atom is -0.348 e. The van der Waals surface area contributed by atoms with E-state index in [1.165, 1.54) is 0 Å². The summed E-state index contributed by atoms with van der Waals surface area (Å²) in [6, 6.07) is 12.7. The van der Waals surface area contributed by atoms with Crippen molar-refractivity contribution in [2.45, 2.75) is 19.4 Å². The normalized spacial score (nSPS) is 13.8. The number of amides is 2. The molecule has 1 saturated heterocycles. The van der Waals surface area contributed by atoms with Crippen LogP contribution < -0.4 is 10.2 Å². The third-order valence-electron chi connectivity index (χ3n) is 4.54. The van der Waals surface area contributed by atoms with Crippen molar-refractivity contribution in [2.75, 3.05) is 11.4 Å². The van der Waals surface area contributed by atoms with Crippen molar-refractivity contribution < 1.29 is 9.59 Å². The summed E-state index contributed by atoms with van der Waals surface area (Å²) in [7, 11) is 0. The maximum atomic E-state index is 12.5. The van der Waals surface area contributed by atoms with Crippen molar-refractivity contribution >= 4 is 17.5 Å². The fourth-order valence-corrected chi connectivity index (χ4v) is 3.16. The highest BCUT2D eigenvalue weighted by Crippen LogP contribution is 2.21. The summed E-state index contributed by atoms with van der Waals surface area (Å²) in [5, 5.41) is 7.11. The maximum Gasteiger partial charge on any atom is 0.251 e. The number of nitrogens with zero attached hydrogens (tertiary/aromatic N) is 4. The van der Waals surface area contributed by atoms with Gasteiger partial charge in [-0.1, -0.05) is 6.07 Å². The van der Waals surface area contributed by atoms with Crippen LogP contribution in [0.2, 0.25) is 0 Å². The molecule has 0 saturated carbocycles. The van der Waals surface area contributed by atoms with Crippen LogP contribution in [0.4, 0.5) is 5.69 Å². The lowest BCUT2D eigenvalue weighted by molar-refractivity contribution is -0.117. The molecule has 2 aromatic heterocycles. The Balaban J connectivity index is 1.44. The van der Waals surface area contributed by atoms with Crippen LogP contribution in [0.25, 0.3) is 5.82 Å². The molecule has 0 spiro atoms.